The van der Waals surface area contributed by atoms with Crippen LogP contribution in [0, 0.1) is 0 Å². The molecule has 0 aliphatic carbocycles. The van der Waals surface area contributed by atoms with Gasteiger partial charge in [-0.15, -0.1) is 5.10 Å². The van der Waals surface area contributed by atoms with Crippen molar-refractivity contribution < 1.29 is 19.5 Å². The molecule has 2 aromatic rings. The number of aromatic carboxylic acids is 1. The van der Waals surface area contributed by atoms with Crippen molar-refractivity contribution in [1.29, 1.82) is 0 Å². The second-order valence-corrected chi connectivity index (χ2v) is 7.36. The number of carboxylic acids is 1. The number of anilines is 1. The summed E-state index contributed by atoms with van der Waals surface area (Å²) in [5.74, 6) is -1.72. The van der Waals surface area contributed by atoms with Crippen molar-refractivity contribution in [1.82, 2.24) is 5.32 Å². The van der Waals surface area contributed by atoms with Crippen LogP contribution in [-0.4, -0.2) is 39.5 Å². The largest absolute Gasteiger partial charge is 0.478 e. The van der Waals surface area contributed by atoms with E-state index in [2.05, 4.69) is 20.8 Å². The molecular formula is C21H18N4O4S. The molecule has 0 radical (unpaired) electrons. The molecule has 1 atom stereocenters. The third-order valence-electron chi connectivity index (χ3n) is 3.95. The standard InChI is InChI=1S/C21H18N4O4S/c26-18(23-16-10-8-15(9-11-16)20(28)29)13-17-19(27)24-21(30-17)25-22-12-4-7-14-5-2-1-3-6-14/h1-12,17H,13H2,(H,23,26)(H,28,29)(H,24,25,27)/b7-4+,22-12-. The third kappa shape index (κ3) is 6.14. The Labute approximate surface area is 176 Å². The molecule has 2 amide bonds. The minimum Gasteiger partial charge on any atom is -0.478 e. The van der Waals surface area contributed by atoms with Gasteiger partial charge in [-0.3, -0.25) is 9.59 Å². The summed E-state index contributed by atoms with van der Waals surface area (Å²) in [5.41, 5.74) is 1.61. The van der Waals surface area contributed by atoms with E-state index >= 15 is 0 Å². The van der Waals surface area contributed by atoms with E-state index in [-0.39, 0.29) is 23.8 Å². The van der Waals surface area contributed by atoms with Crippen LogP contribution in [0.25, 0.3) is 6.08 Å². The fraction of sp³-hybridized carbons (Fsp3) is 0.0952. The van der Waals surface area contributed by atoms with E-state index in [1.54, 1.807) is 6.08 Å². The lowest BCUT2D eigenvalue weighted by Crippen LogP contribution is -2.28. The molecule has 0 saturated carbocycles. The van der Waals surface area contributed by atoms with Crippen molar-refractivity contribution in [3.05, 3.63) is 71.8 Å². The summed E-state index contributed by atoms with van der Waals surface area (Å²) < 4.78 is 0. The number of carbonyl (C=O) groups is 3. The lowest BCUT2D eigenvalue weighted by Gasteiger charge is -2.07. The first-order chi connectivity index (χ1) is 14.5. The van der Waals surface area contributed by atoms with Gasteiger partial charge in [-0.2, -0.15) is 5.10 Å². The van der Waals surface area contributed by atoms with Crippen molar-refractivity contribution in [3.8, 4) is 0 Å². The minimum absolute atomic E-state index is 0.0478. The molecule has 0 bridgehead atoms. The number of carbonyl (C=O) groups excluding carboxylic acids is 2. The Bertz CT molecular complexity index is 1020. The van der Waals surface area contributed by atoms with Gasteiger partial charge in [-0.1, -0.05) is 48.2 Å². The van der Waals surface area contributed by atoms with Crippen molar-refractivity contribution in [2.24, 2.45) is 10.2 Å². The van der Waals surface area contributed by atoms with E-state index in [4.69, 9.17) is 5.11 Å². The molecule has 152 valence electrons. The van der Waals surface area contributed by atoms with Crippen LogP contribution >= 0.6 is 11.8 Å². The lowest BCUT2D eigenvalue weighted by molar-refractivity contribution is -0.122. The summed E-state index contributed by atoms with van der Waals surface area (Å²) in [5, 5.41) is 21.7. The van der Waals surface area contributed by atoms with Crippen molar-refractivity contribution >= 4 is 52.7 Å². The maximum atomic E-state index is 12.2. The number of amides is 2. The van der Waals surface area contributed by atoms with Gasteiger partial charge in [-0.25, -0.2) is 4.79 Å². The van der Waals surface area contributed by atoms with E-state index < -0.39 is 11.2 Å². The van der Waals surface area contributed by atoms with E-state index in [1.165, 1.54) is 30.5 Å². The van der Waals surface area contributed by atoms with Gasteiger partial charge in [0.05, 0.1) is 5.56 Å². The Kier molecular flexibility index (Phi) is 7.12. The molecule has 3 rings (SSSR count). The average Bonchev–Trinajstić information content (AvgIpc) is 3.08. The van der Waals surface area contributed by atoms with E-state index in [0.29, 0.717) is 10.9 Å². The number of benzene rings is 2. The highest BCUT2D eigenvalue weighted by Crippen LogP contribution is 2.23. The molecule has 1 heterocycles. The Balaban J connectivity index is 1.49. The highest BCUT2D eigenvalue weighted by molar-refractivity contribution is 8.15. The number of nitrogens with zero attached hydrogens (tertiary/aromatic N) is 2. The molecular weight excluding hydrogens is 404 g/mol. The van der Waals surface area contributed by atoms with Gasteiger partial charge in [0.25, 0.3) is 0 Å². The second kappa shape index (κ2) is 10.2. The summed E-state index contributed by atoms with van der Waals surface area (Å²) >= 11 is 1.13. The van der Waals surface area contributed by atoms with Gasteiger partial charge in [0.15, 0.2) is 5.17 Å². The molecule has 0 spiro atoms. The number of amidine groups is 1. The quantitative estimate of drug-likeness (QED) is 0.468. The number of thioether (sulfide) groups is 1. The summed E-state index contributed by atoms with van der Waals surface area (Å²) in [4.78, 5) is 35.1. The summed E-state index contributed by atoms with van der Waals surface area (Å²) in [6.07, 6.45) is 5.07. The third-order valence-corrected chi connectivity index (χ3v) is 5.02. The first kappa shape index (κ1) is 21.0. The highest BCUT2D eigenvalue weighted by Gasteiger charge is 2.32. The zero-order valence-corrected chi connectivity index (χ0v) is 16.5. The summed E-state index contributed by atoms with van der Waals surface area (Å²) in [6, 6.07) is 15.5. The number of allylic oxidation sites excluding steroid dienone is 1. The van der Waals surface area contributed by atoms with Crippen LogP contribution in [-0.2, 0) is 9.59 Å². The van der Waals surface area contributed by atoms with Crippen LogP contribution in [0.3, 0.4) is 0 Å². The van der Waals surface area contributed by atoms with Crippen LogP contribution < -0.4 is 10.6 Å². The Hall–Kier alpha value is -3.72. The van der Waals surface area contributed by atoms with Crippen molar-refractivity contribution in [2.45, 2.75) is 11.7 Å². The van der Waals surface area contributed by atoms with Gasteiger partial charge in [0.1, 0.15) is 5.25 Å². The number of rotatable bonds is 7. The highest BCUT2D eigenvalue weighted by atomic mass is 32.2. The number of hydrogen-bond donors (Lipinski definition) is 3. The number of carboxylic acid groups (broad SMARTS) is 1. The maximum Gasteiger partial charge on any atom is 0.335 e. The molecule has 1 fully saturated rings. The predicted octanol–water partition coefficient (Wildman–Crippen LogP) is 3.00. The smallest absolute Gasteiger partial charge is 0.335 e. The van der Waals surface area contributed by atoms with Gasteiger partial charge in [-0.05, 0) is 35.9 Å². The Morgan fingerprint density at radius 2 is 1.87 bits per heavy atom. The fourth-order valence-corrected chi connectivity index (χ4v) is 3.43. The monoisotopic (exact) mass is 422 g/mol. The molecule has 2 aromatic carbocycles. The van der Waals surface area contributed by atoms with Gasteiger partial charge < -0.3 is 15.7 Å². The molecule has 3 N–H and O–H groups in total. The van der Waals surface area contributed by atoms with Crippen LogP contribution in [0.5, 0.6) is 0 Å². The van der Waals surface area contributed by atoms with Crippen LogP contribution in [0.15, 0.2) is 70.9 Å². The van der Waals surface area contributed by atoms with Gasteiger partial charge in [0.2, 0.25) is 11.8 Å². The summed E-state index contributed by atoms with van der Waals surface area (Å²) in [7, 11) is 0. The first-order valence-electron chi connectivity index (χ1n) is 8.95. The minimum atomic E-state index is -1.04. The second-order valence-electron chi connectivity index (χ2n) is 6.17. The van der Waals surface area contributed by atoms with Crippen molar-refractivity contribution in [3.63, 3.8) is 0 Å². The topological polar surface area (TPSA) is 120 Å². The Morgan fingerprint density at radius 3 is 2.57 bits per heavy atom. The van der Waals surface area contributed by atoms with Gasteiger partial charge in [0, 0.05) is 18.3 Å². The van der Waals surface area contributed by atoms with E-state index in [0.717, 1.165) is 17.3 Å². The number of hydrogen-bond acceptors (Lipinski definition) is 6. The molecule has 1 saturated heterocycles. The predicted molar refractivity (Wildman–Crippen MR) is 118 cm³/mol. The van der Waals surface area contributed by atoms with Crippen LogP contribution in [0.2, 0.25) is 0 Å². The fourth-order valence-electron chi connectivity index (χ4n) is 2.51. The zero-order valence-electron chi connectivity index (χ0n) is 15.7. The lowest BCUT2D eigenvalue weighted by atomic mass is 10.2. The Morgan fingerprint density at radius 1 is 1.13 bits per heavy atom. The molecule has 1 aliphatic rings. The van der Waals surface area contributed by atoms with Gasteiger partial charge >= 0.3 is 5.97 Å². The van der Waals surface area contributed by atoms with Crippen LogP contribution in [0.1, 0.15) is 22.3 Å². The average molecular weight is 422 g/mol. The molecule has 30 heavy (non-hydrogen) atoms. The zero-order chi connectivity index (χ0) is 21.3. The maximum absolute atomic E-state index is 12.2. The molecule has 8 nitrogen and oxygen atoms in total. The first-order valence-corrected chi connectivity index (χ1v) is 9.83. The van der Waals surface area contributed by atoms with Crippen LogP contribution in [0.4, 0.5) is 5.69 Å². The molecule has 0 aromatic heterocycles. The van der Waals surface area contributed by atoms with E-state index in [9.17, 15) is 14.4 Å². The SMILES string of the molecule is O=C(CC1S/C(=N/N=C\C=C\c2ccccc2)NC1=O)Nc1ccc(C(=O)O)cc1. The molecule has 1 unspecified atom stereocenters. The molecule has 9 heteroatoms. The molecule has 1 aliphatic heterocycles. The number of nitrogens with one attached hydrogen (secondary N) is 2. The summed E-state index contributed by atoms with van der Waals surface area (Å²) in [6.45, 7) is 0. The normalized spacial score (nSPS) is 17.5. The van der Waals surface area contributed by atoms with Crippen molar-refractivity contribution in [2.75, 3.05) is 5.32 Å². The van der Waals surface area contributed by atoms with E-state index in [1.807, 2.05) is 36.4 Å².